The standard InChI is InChI=1S/C15H22O/c1-11-6-7-12(2)14(10-11)4-3-5-15(16)13-8-9-13/h6-7,10,13,15-16H,3-5,8-9H2,1-2H3. The summed E-state index contributed by atoms with van der Waals surface area (Å²) < 4.78 is 0. The minimum atomic E-state index is -0.0369. The van der Waals surface area contributed by atoms with E-state index in [2.05, 4.69) is 32.0 Å². The molecule has 1 atom stereocenters. The molecule has 1 N–H and O–H groups in total. The molecule has 88 valence electrons. The molecule has 1 unspecified atom stereocenters. The third-order valence-corrected chi connectivity index (χ3v) is 3.62. The van der Waals surface area contributed by atoms with Gasteiger partial charge in [0.1, 0.15) is 0 Å². The summed E-state index contributed by atoms with van der Waals surface area (Å²) in [6.07, 6.45) is 5.64. The van der Waals surface area contributed by atoms with Crippen LogP contribution >= 0.6 is 0 Å². The van der Waals surface area contributed by atoms with Gasteiger partial charge in [-0.1, -0.05) is 23.8 Å². The van der Waals surface area contributed by atoms with E-state index in [-0.39, 0.29) is 6.10 Å². The van der Waals surface area contributed by atoms with E-state index in [9.17, 15) is 5.11 Å². The predicted octanol–water partition coefficient (Wildman–Crippen LogP) is 3.40. The zero-order valence-electron chi connectivity index (χ0n) is 10.4. The lowest BCUT2D eigenvalue weighted by molar-refractivity contribution is 0.139. The lowest BCUT2D eigenvalue weighted by Crippen LogP contribution is -2.09. The van der Waals surface area contributed by atoms with Crippen LogP contribution in [0, 0.1) is 19.8 Å². The second-order valence-electron chi connectivity index (χ2n) is 5.23. The molecule has 0 spiro atoms. The van der Waals surface area contributed by atoms with Gasteiger partial charge in [0.25, 0.3) is 0 Å². The van der Waals surface area contributed by atoms with Crippen LogP contribution in [0.3, 0.4) is 0 Å². The predicted molar refractivity (Wildman–Crippen MR) is 67.6 cm³/mol. The fourth-order valence-corrected chi connectivity index (χ4v) is 2.29. The molecule has 1 nitrogen and oxygen atoms in total. The monoisotopic (exact) mass is 218 g/mol. The maximum atomic E-state index is 9.79. The maximum absolute atomic E-state index is 9.79. The first-order chi connectivity index (χ1) is 7.66. The number of hydrogen-bond acceptors (Lipinski definition) is 1. The van der Waals surface area contributed by atoms with E-state index in [4.69, 9.17) is 0 Å². The molecule has 0 amide bonds. The molecule has 1 saturated carbocycles. The number of aliphatic hydroxyl groups is 1. The van der Waals surface area contributed by atoms with Crippen molar-refractivity contribution in [2.45, 2.75) is 52.1 Å². The van der Waals surface area contributed by atoms with Gasteiger partial charge in [-0.25, -0.2) is 0 Å². The van der Waals surface area contributed by atoms with Crippen molar-refractivity contribution in [2.75, 3.05) is 0 Å². The third kappa shape index (κ3) is 3.08. The fourth-order valence-electron chi connectivity index (χ4n) is 2.29. The molecule has 1 aromatic rings. The molecule has 1 aromatic carbocycles. The average molecular weight is 218 g/mol. The molecule has 2 rings (SSSR count). The Balaban J connectivity index is 1.81. The highest BCUT2D eigenvalue weighted by Gasteiger charge is 2.28. The smallest absolute Gasteiger partial charge is 0.0568 e. The highest BCUT2D eigenvalue weighted by molar-refractivity contribution is 5.30. The van der Waals surface area contributed by atoms with Crippen molar-refractivity contribution in [2.24, 2.45) is 5.92 Å². The van der Waals surface area contributed by atoms with Crippen LogP contribution in [0.2, 0.25) is 0 Å². The Kier molecular flexibility index (Phi) is 3.65. The second kappa shape index (κ2) is 5.01. The van der Waals surface area contributed by atoms with Gasteiger partial charge >= 0.3 is 0 Å². The van der Waals surface area contributed by atoms with Crippen molar-refractivity contribution in [3.63, 3.8) is 0 Å². The molecule has 0 aliphatic heterocycles. The molecule has 1 aliphatic carbocycles. The Labute approximate surface area is 98.5 Å². The summed E-state index contributed by atoms with van der Waals surface area (Å²) in [6, 6.07) is 6.64. The van der Waals surface area contributed by atoms with Gasteiger partial charge in [-0.2, -0.15) is 0 Å². The summed E-state index contributed by atoms with van der Waals surface area (Å²) in [5.74, 6) is 0.624. The van der Waals surface area contributed by atoms with Crippen LogP contribution in [-0.2, 0) is 6.42 Å². The molecular weight excluding hydrogens is 196 g/mol. The van der Waals surface area contributed by atoms with Crippen molar-refractivity contribution in [3.05, 3.63) is 34.9 Å². The lowest BCUT2D eigenvalue weighted by atomic mass is 9.99. The van der Waals surface area contributed by atoms with E-state index in [1.54, 1.807) is 0 Å². The van der Waals surface area contributed by atoms with Gasteiger partial charge in [0, 0.05) is 0 Å². The highest BCUT2D eigenvalue weighted by Crippen LogP contribution is 2.34. The third-order valence-electron chi connectivity index (χ3n) is 3.62. The van der Waals surface area contributed by atoms with Crippen LogP contribution in [0.15, 0.2) is 18.2 Å². The molecule has 0 aromatic heterocycles. The van der Waals surface area contributed by atoms with Crippen LogP contribution < -0.4 is 0 Å². The summed E-state index contributed by atoms with van der Waals surface area (Å²) in [5.41, 5.74) is 4.16. The first-order valence-corrected chi connectivity index (χ1v) is 6.41. The summed E-state index contributed by atoms with van der Waals surface area (Å²) in [7, 11) is 0. The van der Waals surface area contributed by atoms with Crippen LogP contribution in [0.25, 0.3) is 0 Å². The molecule has 1 aliphatic rings. The SMILES string of the molecule is Cc1ccc(C)c(CCCC(O)C2CC2)c1. The van der Waals surface area contributed by atoms with E-state index in [0.717, 1.165) is 19.3 Å². The topological polar surface area (TPSA) is 20.2 Å². The Morgan fingerprint density at radius 2 is 2.06 bits per heavy atom. The molecular formula is C15H22O. The van der Waals surface area contributed by atoms with Crippen LogP contribution in [0.5, 0.6) is 0 Å². The Hall–Kier alpha value is -0.820. The number of benzene rings is 1. The summed E-state index contributed by atoms with van der Waals surface area (Å²) in [5, 5.41) is 9.79. The van der Waals surface area contributed by atoms with Crippen molar-refractivity contribution >= 4 is 0 Å². The van der Waals surface area contributed by atoms with Gasteiger partial charge in [0.15, 0.2) is 0 Å². The number of hydrogen-bond donors (Lipinski definition) is 1. The zero-order chi connectivity index (χ0) is 11.5. The van der Waals surface area contributed by atoms with Crippen molar-refractivity contribution < 1.29 is 5.11 Å². The minimum absolute atomic E-state index is 0.0369. The molecule has 1 fully saturated rings. The van der Waals surface area contributed by atoms with E-state index in [0.29, 0.717) is 5.92 Å². The number of aliphatic hydroxyl groups excluding tert-OH is 1. The molecule has 0 radical (unpaired) electrons. The highest BCUT2D eigenvalue weighted by atomic mass is 16.3. The van der Waals surface area contributed by atoms with Crippen LogP contribution in [0.4, 0.5) is 0 Å². The average Bonchev–Trinajstić information content (AvgIpc) is 3.06. The van der Waals surface area contributed by atoms with Crippen LogP contribution in [0.1, 0.15) is 42.4 Å². The van der Waals surface area contributed by atoms with E-state index in [1.165, 1.54) is 29.5 Å². The first-order valence-electron chi connectivity index (χ1n) is 6.41. The number of rotatable bonds is 5. The zero-order valence-corrected chi connectivity index (χ0v) is 10.4. The van der Waals surface area contributed by atoms with E-state index in [1.807, 2.05) is 0 Å². The fraction of sp³-hybridized carbons (Fsp3) is 0.600. The Morgan fingerprint density at radius 3 is 2.75 bits per heavy atom. The quantitative estimate of drug-likeness (QED) is 0.803. The van der Waals surface area contributed by atoms with E-state index < -0.39 is 0 Å². The summed E-state index contributed by atoms with van der Waals surface area (Å²) in [4.78, 5) is 0. The van der Waals surface area contributed by atoms with Gasteiger partial charge in [-0.3, -0.25) is 0 Å². The molecule has 0 heterocycles. The van der Waals surface area contributed by atoms with Gasteiger partial charge in [-0.05, 0) is 63.0 Å². The molecule has 0 bridgehead atoms. The molecule has 0 saturated heterocycles. The van der Waals surface area contributed by atoms with Gasteiger partial charge in [0.05, 0.1) is 6.10 Å². The maximum Gasteiger partial charge on any atom is 0.0568 e. The van der Waals surface area contributed by atoms with Gasteiger partial charge in [-0.15, -0.1) is 0 Å². The Morgan fingerprint density at radius 1 is 1.31 bits per heavy atom. The lowest BCUT2D eigenvalue weighted by Gasteiger charge is -2.10. The first kappa shape index (κ1) is 11.7. The number of aryl methyl sites for hydroxylation is 3. The molecule has 1 heteroatoms. The van der Waals surface area contributed by atoms with Gasteiger partial charge < -0.3 is 5.11 Å². The second-order valence-corrected chi connectivity index (χ2v) is 5.23. The van der Waals surface area contributed by atoms with Crippen LogP contribution in [-0.4, -0.2) is 11.2 Å². The molecule has 16 heavy (non-hydrogen) atoms. The van der Waals surface area contributed by atoms with E-state index >= 15 is 0 Å². The minimum Gasteiger partial charge on any atom is -0.393 e. The van der Waals surface area contributed by atoms with Gasteiger partial charge in [0.2, 0.25) is 0 Å². The summed E-state index contributed by atoms with van der Waals surface area (Å²) >= 11 is 0. The normalized spacial score (nSPS) is 17.4. The van der Waals surface area contributed by atoms with Crippen molar-refractivity contribution in [3.8, 4) is 0 Å². The van der Waals surface area contributed by atoms with Crippen molar-refractivity contribution in [1.82, 2.24) is 0 Å². The van der Waals surface area contributed by atoms with Crippen molar-refractivity contribution in [1.29, 1.82) is 0 Å². The summed E-state index contributed by atoms with van der Waals surface area (Å²) in [6.45, 7) is 4.31. The Bertz CT molecular complexity index is 352. The largest absolute Gasteiger partial charge is 0.393 e.